The first-order valence-electron chi connectivity index (χ1n) is 8.77. The molecule has 2 heterocycles. The van der Waals surface area contributed by atoms with Crippen molar-refractivity contribution in [1.82, 2.24) is 4.90 Å². The predicted molar refractivity (Wildman–Crippen MR) is 93.4 cm³/mol. The van der Waals surface area contributed by atoms with Crippen LogP contribution >= 0.6 is 0 Å². The topological polar surface area (TPSA) is 16.4 Å². The monoisotopic (exact) mass is 299 g/mol. The van der Waals surface area contributed by atoms with Crippen LogP contribution in [0.3, 0.4) is 0 Å². The zero-order chi connectivity index (χ0) is 15.7. The van der Waals surface area contributed by atoms with E-state index in [4.69, 9.17) is 4.42 Å². The molecule has 0 radical (unpaired) electrons. The van der Waals surface area contributed by atoms with Gasteiger partial charge in [0, 0.05) is 17.8 Å². The molecule has 0 bridgehead atoms. The quantitative estimate of drug-likeness (QED) is 0.783. The maximum atomic E-state index is 6.28. The van der Waals surface area contributed by atoms with Crippen molar-refractivity contribution in [2.45, 2.75) is 46.0 Å². The van der Waals surface area contributed by atoms with Gasteiger partial charge in [0.1, 0.15) is 11.3 Å². The Morgan fingerprint density at radius 1 is 1.27 bits per heavy atom. The first kappa shape index (κ1) is 15.6. The molecule has 0 unspecified atom stereocenters. The zero-order valence-electron chi connectivity index (χ0n) is 14.4. The normalized spacial score (nSPS) is 23.5. The summed E-state index contributed by atoms with van der Waals surface area (Å²) >= 11 is 0. The molecule has 3 rings (SSSR count). The van der Waals surface area contributed by atoms with Crippen LogP contribution in [0.5, 0.6) is 0 Å². The molecule has 0 N–H and O–H groups in total. The van der Waals surface area contributed by atoms with E-state index < -0.39 is 0 Å². The van der Waals surface area contributed by atoms with E-state index in [-0.39, 0.29) is 0 Å². The summed E-state index contributed by atoms with van der Waals surface area (Å²) in [5.74, 6) is 3.19. The van der Waals surface area contributed by atoms with Crippen LogP contribution < -0.4 is 0 Å². The molecule has 120 valence electrons. The lowest BCUT2D eigenvalue weighted by Crippen LogP contribution is -2.36. The number of hydrogen-bond acceptors (Lipinski definition) is 2. The molecule has 2 nitrogen and oxygen atoms in total. The fraction of sp³-hybridized carbons (Fsp3) is 0.600. The smallest absolute Gasteiger partial charge is 0.134 e. The van der Waals surface area contributed by atoms with Crippen molar-refractivity contribution < 1.29 is 4.42 Å². The summed E-state index contributed by atoms with van der Waals surface area (Å²) < 4.78 is 6.28. The minimum absolute atomic E-state index is 0.585. The van der Waals surface area contributed by atoms with E-state index in [1.165, 1.54) is 42.6 Å². The average molecular weight is 299 g/mol. The predicted octanol–water partition coefficient (Wildman–Crippen LogP) is 5.08. The fourth-order valence-electron chi connectivity index (χ4n) is 3.88. The van der Waals surface area contributed by atoms with Gasteiger partial charge in [-0.3, -0.25) is 0 Å². The van der Waals surface area contributed by atoms with Crippen LogP contribution in [0.1, 0.15) is 50.9 Å². The highest BCUT2D eigenvalue weighted by Crippen LogP contribution is 2.37. The molecule has 1 aromatic heterocycles. The van der Waals surface area contributed by atoms with Crippen LogP contribution in [0.25, 0.3) is 11.0 Å². The number of hydrogen-bond donors (Lipinski definition) is 0. The Labute approximate surface area is 134 Å². The van der Waals surface area contributed by atoms with Crippen molar-refractivity contribution in [3.63, 3.8) is 0 Å². The second-order valence-corrected chi connectivity index (χ2v) is 7.44. The summed E-state index contributed by atoms with van der Waals surface area (Å²) in [6.45, 7) is 9.21. The lowest BCUT2D eigenvalue weighted by Gasteiger charge is -2.35. The van der Waals surface area contributed by atoms with Crippen molar-refractivity contribution in [3.8, 4) is 0 Å². The molecule has 2 heteroatoms. The Morgan fingerprint density at radius 2 is 2.09 bits per heavy atom. The number of furan rings is 1. The summed E-state index contributed by atoms with van der Waals surface area (Å²) in [5, 5.41) is 1.26. The van der Waals surface area contributed by atoms with Gasteiger partial charge < -0.3 is 9.32 Å². The molecule has 1 aromatic carbocycles. The molecule has 1 fully saturated rings. The van der Waals surface area contributed by atoms with Crippen LogP contribution in [-0.4, -0.2) is 25.0 Å². The van der Waals surface area contributed by atoms with Crippen LogP contribution in [-0.2, 0) is 6.42 Å². The average Bonchev–Trinajstić information content (AvgIpc) is 2.89. The van der Waals surface area contributed by atoms with Crippen molar-refractivity contribution in [2.24, 2.45) is 11.8 Å². The second kappa shape index (κ2) is 6.45. The van der Waals surface area contributed by atoms with Crippen molar-refractivity contribution in [2.75, 3.05) is 20.1 Å². The summed E-state index contributed by atoms with van der Waals surface area (Å²) in [6.07, 6.45) is 3.57. The third kappa shape index (κ3) is 3.22. The largest absolute Gasteiger partial charge is 0.461 e. The van der Waals surface area contributed by atoms with Crippen LogP contribution in [0.2, 0.25) is 0 Å². The summed E-state index contributed by atoms with van der Waals surface area (Å²) in [5.41, 5.74) is 2.46. The minimum atomic E-state index is 0.585. The molecular formula is C20H29NO. The van der Waals surface area contributed by atoms with Gasteiger partial charge in [-0.05, 0) is 56.0 Å². The van der Waals surface area contributed by atoms with E-state index in [1.807, 2.05) is 0 Å². The summed E-state index contributed by atoms with van der Waals surface area (Å²) in [6, 6.07) is 9.02. The van der Waals surface area contributed by atoms with Crippen LogP contribution in [0, 0.1) is 11.8 Å². The zero-order valence-corrected chi connectivity index (χ0v) is 14.4. The van der Waals surface area contributed by atoms with Gasteiger partial charge in [0.25, 0.3) is 0 Å². The number of likely N-dealkylation sites (tertiary alicyclic amines) is 1. The van der Waals surface area contributed by atoms with E-state index >= 15 is 0 Å². The van der Waals surface area contributed by atoms with E-state index in [0.717, 1.165) is 17.9 Å². The third-order valence-corrected chi connectivity index (χ3v) is 5.07. The van der Waals surface area contributed by atoms with E-state index in [2.05, 4.69) is 57.0 Å². The Kier molecular flexibility index (Phi) is 4.58. The van der Waals surface area contributed by atoms with E-state index in [1.54, 1.807) is 0 Å². The maximum Gasteiger partial charge on any atom is 0.134 e. The molecule has 1 saturated heterocycles. The molecular weight excluding hydrogens is 270 g/mol. The molecule has 0 amide bonds. The Hall–Kier alpha value is -1.28. The van der Waals surface area contributed by atoms with Gasteiger partial charge in [0.05, 0.1) is 0 Å². The van der Waals surface area contributed by atoms with Crippen molar-refractivity contribution in [3.05, 3.63) is 35.6 Å². The molecule has 1 aliphatic heterocycles. The van der Waals surface area contributed by atoms with Gasteiger partial charge in [-0.25, -0.2) is 0 Å². The molecule has 2 aromatic rings. The molecule has 22 heavy (non-hydrogen) atoms. The number of benzene rings is 1. The number of nitrogens with zero attached hydrogens (tertiary/aromatic N) is 1. The Morgan fingerprint density at radius 3 is 2.82 bits per heavy atom. The Bertz CT molecular complexity index is 628. The molecule has 0 saturated carbocycles. The molecule has 2 atom stereocenters. The first-order chi connectivity index (χ1) is 10.6. The highest BCUT2D eigenvalue weighted by Gasteiger charge is 2.30. The SMILES string of the molecule is CC[C@H]1CN(C)CC[C@@H]1c1cc2ccc(CC(C)C)cc2o1. The highest BCUT2D eigenvalue weighted by molar-refractivity contribution is 5.78. The molecule has 0 spiro atoms. The van der Waals surface area contributed by atoms with E-state index in [0.29, 0.717) is 11.8 Å². The van der Waals surface area contributed by atoms with Gasteiger partial charge in [0.2, 0.25) is 0 Å². The van der Waals surface area contributed by atoms with Crippen LogP contribution in [0.15, 0.2) is 28.7 Å². The number of fused-ring (bicyclic) bond motifs is 1. The Balaban J connectivity index is 1.87. The molecule has 0 aliphatic carbocycles. The fourth-order valence-corrected chi connectivity index (χ4v) is 3.88. The van der Waals surface area contributed by atoms with Crippen LogP contribution in [0.4, 0.5) is 0 Å². The van der Waals surface area contributed by atoms with Gasteiger partial charge in [-0.1, -0.05) is 39.3 Å². The first-order valence-corrected chi connectivity index (χ1v) is 8.77. The number of piperidine rings is 1. The van der Waals surface area contributed by atoms with Gasteiger partial charge >= 0.3 is 0 Å². The standard InChI is InChI=1S/C20H29NO/c1-5-16-13-21(4)9-8-18(16)20-12-17-7-6-15(10-14(2)3)11-19(17)22-20/h6-7,11-12,14,16,18H,5,8-10,13H2,1-4H3/t16-,18-/m0/s1. The highest BCUT2D eigenvalue weighted by atomic mass is 16.3. The van der Waals surface area contributed by atoms with Crippen molar-refractivity contribution in [1.29, 1.82) is 0 Å². The second-order valence-electron chi connectivity index (χ2n) is 7.44. The van der Waals surface area contributed by atoms with Gasteiger partial charge in [-0.2, -0.15) is 0 Å². The number of rotatable bonds is 4. The lowest BCUT2D eigenvalue weighted by atomic mass is 9.82. The third-order valence-electron chi connectivity index (χ3n) is 5.07. The van der Waals surface area contributed by atoms with Gasteiger partial charge in [-0.15, -0.1) is 0 Å². The maximum absolute atomic E-state index is 6.28. The summed E-state index contributed by atoms with van der Waals surface area (Å²) in [7, 11) is 2.23. The lowest BCUT2D eigenvalue weighted by molar-refractivity contribution is 0.168. The van der Waals surface area contributed by atoms with Crippen molar-refractivity contribution >= 4 is 11.0 Å². The van der Waals surface area contributed by atoms with E-state index in [9.17, 15) is 0 Å². The molecule has 1 aliphatic rings. The summed E-state index contributed by atoms with van der Waals surface area (Å²) in [4.78, 5) is 2.45. The minimum Gasteiger partial charge on any atom is -0.461 e. The van der Waals surface area contributed by atoms with Gasteiger partial charge in [0.15, 0.2) is 0 Å².